The van der Waals surface area contributed by atoms with Crippen LogP contribution in [0.25, 0.3) is 4.96 Å². The number of aryl methyl sites for hydroxylation is 1. The third kappa shape index (κ3) is 4.17. The average molecular weight is 356 g/mol. The summed E-state index contributed by atoms with van der Waals surface area (Å²) >= 11 is 1.48. The van der Waals surface area contributed by atoms with Crippen molar-refractivity contribution >= 4 is 16.3 Å². The van der Waals surface area contributed by atoms with Gasteiger partial charge in [-0.25, -0.2) is 4.98 Å². The molecule has 0 saturated heterocycles. The molecule has 0 aliphatic rings. The molecule has 132 valence electrons. The highest BCUT2D eigenvalue weighted by Gasteiger charge is 2.16. The molecular formula is C20H25N3OS. The Morgan fingerprint density at radius 1 is 1.24 bits per heavy atom. The molecule has 2 aromatic heterocycles. The van der Waals surface area contributed by atoms with Crippen LogP contribution < -0.4 is 10.9 Å². The summed E-state index contributed by atoms with van der Waals surface area (Å²) in [5, 5.41) is 5.47. The van der Waals surface area contributed by atoms with E-state index in [0.717, 1.165) is 23.5 Å². The summed E-state index contributed by atoms with van der Waals surface area (Å²) in [6, 6.07) is 10.7. The first-order chi connectivity index (χ1) is 12.1. The van der Waals surface area contributed by atoms with Crippen molar-refractivity contribution in [2.75, 3.05) is 0 Å². The number of benzene rings is 1. The van der Waals surface area contributed by atoms with Crippen molar-refractivity contribution in [3.8, 4) is 0 Å². The van der Waals surface area contributed by atoms with E-state index < -0.39 is 0 Å². The van der Waals surface area contributed by atoms with E-state index in [9.17, 15) is 4.79 Å². The first-order valence-electron chi connectivity index (χ1n) is 8.86. The largest absolute Gasteiger partial charge is 0.304 e. The van der Waals surface area contributed by atoms with Crippen molar-refractivity contribution in [1.82, 2.24) is 14.7 Å². The lowest BCUT2D eigenvalue weighted by Crippen LogP contribution is -2.26. The molecule has 3 aromatic rings. The third-order valence-electron chi connectivity index (χ3n) is 4.40. The van der Waals surface area contributed by atoms with E-state index in [2.05, 4.69) is 55.3 Å². The molecule has 0 bridgehead atoms. The second-order valence-corrected chi connectivity index (χ2v) is 7.61. The minimum atomic E-state index is -0.0203. The predicted octanol–water partition coefficient (Wildman–Crippen LogP) is 4.20. The predicted molar refractivity (Wildman–Crippen MR) is 104 cm³/mol. The Kier molecular flexibility index (Phi) is 5.66. The fourth-order valence-corrected chi connectivity index (χ4v) is 3.85. The van der Waals surface area contributed by atoms with Crippen LogP contribution >= 0.6 is 11.3 Å². The van der Waals surface area contributed by atoms with E-state index in [1.165, 1.54) is 22.5 Å². The van der Waals surface area contributed by atoms with Gasteiger partial charge in [-0.3, -0.25) is 9.20 Å². The van der Waals surface area contributed by atoms with Gasteiger partial charge in [-0.15, -0.1) is 11.3 Å². The van der Waals surface area contributed by atoms with Gasteiger partial charge in [0, 0.05) is 30.2 Å². The molecule has 0 radical (unpaired) electrons. The highest BCUT2D eigenvalue weighted by molar-refractivity contribution is 7.15. The standard InChI is InChI=1S/C20H25N3OS/c1-4-5-15-6-8-16(9-7-15)19(14(2)3)21-13-17-12-18(24)23-10-11-25-20(23)22-17/h6-12,14,19,21H,4-5,13H2,1-3H3/t19-/m0/s1. The molecule has 1 atom stereocenters. The van der Waals surface area contributed by atoms with Crippen molar-refractivity contribution < 1.29 is 0 Å². The topological polar surface area (TPSA) is 46.4 Å². The lowest BCUT2D eigenvalue weighted by Gasteiger charge is -2.23. The maximum Gasteiger partial charge on any atom is 0.258 e. The molecular weight excluding hydrogens is 330 g/mol. The van der Waals surface area contributed by atoms with E-state index in [-0.39, 0.29) is 11.6 Å². The lowest BCUT2D eigenvalue weighted by atomic mass is 9.94. The molecule has 2 heterocycles. The number of nitrogens with zero attached hydrogens (tertiary/aromatic N) is 2. The van der Waals surface area contributed by atoms with E-state index >= 15 is 0 Å². The van der Waals surface area contributed by atoms with E-state index in [1.807, 2.05) is 5.38 Å². The van der Waals surface area contributed by atoms with Crippen LogP contribution in [0.3, 0.4) is 0 Å². The molecule has 1 N–H and O–H groups in total. The Balaban J connectivity index is 1.76. The summed E-state index contributed by atoms with van der Waals surface area (Å²) in [7, 11) is 0. The van der Waals surface area contributed by atoms with Gasteiger partial charge in [0.25, 0.3) is 5.56 Å². The summed E-state index contributed by atoms with van der Waals surface area (Å²) in [6.07, 6.45) is 4.05. The van der Waals surface area contributed by atoms with Crippen LogP contribution in [0.2, 0.25) is 0 Å². The maximum atomic E-state index is 12.1. The number of rotatable bonds is 7. The van der Waals surface area contributed by atoms with Gasteiger partial charge in [-0.1, -0.05) is 51.5 Å². The minimum absolute atomic E-state index is 0.0203. The molecule has 0 spiro atoms. The number of fused-ring (bicyclic) bond motifs is 1. The molecule has 5 heteroatoms. The van der Waals surface area contributed by atoms with Gasteiger partial charge in [-0.2, -0.15) is 0 Å². The average Bonchev–Trinajstić information content (AvgIpc) is 3.05. The van der Waals surface area contributed by atoms with Gasteiger partial charge < -0.3 is 5.32 Å². The molecule has 0 amide bonds. The highest BCUT2D eigenvalue weighted by Crippen LogP contribution is 2.23. The summed E-state index contributed by atoms with van der Waals surface area (Å²) < 4.78 is 1.58. The van der Waals surface area contributed by atoms with E-state index in [0.29, 0.717) is 12.5 Å². The molecule has 0 unspecified atom stereocenters. The van der Waals surface area contributed by atoms with Gasteiger partial charge in [0.15, 0.2) is 4.96 Å². The van der Waals surface area contributed by atoms with Crippen LogP contribution in [-0.4, -0.2) is 9.38 Å². The molecule has 0 saturated carbocycles. The first-order valence-corrected chi connectivity index (χ1v) is 9.74. The summed E-state index contributed by atoms with van der Waals surface area (Å²) in [4.78, 5) is 17.4. The fraction of sp³-hybridized carbons (Fsp3) is 0.400. The monoisotopic (exact) mass is 355 g/mol. The molecule has 0 aliphatic carbocycles. The van der Waals surface area contributed by atoms with Crippen LogP contribution in [0.5, 0.6) is 0 Å². The quantitative estimate of drug-likeness (QED) is 0.691. The molecule has 1 aromatic carbocycles. The van der Waals surface area contributed by atoms with Crippen LogP contribution in [0, 0.1) is 5.92 Å². The molecule has 0 fully saturated rings. The second-order valence-electron chi connectivity index (χ2n) is 6.74. The Hall–Kier alpha value is -1.98. The molecule has 25 heavy (non-hydrogen) atoms. The Bertz CT molecular complexity index is 880. The van der Waals surface area contributed by atoms with Crippen molar-refractivity contribution in [2.24, 2.45) is 5.92 Å². The van der Waals surface area contributed by atoms with Crippen LogP contribution in [0.4, 0.5) is 0 Å². The maximum absolute atomic E-state index is 12.1. The van der Waals surface area contributed by atoms with Gasteiger partial charge in [0.1, 0.15) is 0 Å². The smallest absolute Gasteiger partial charge is 0.258 e. The van der Waals surface area contributed by atoms with Gasteiger partial charge in [-0.05, 0) is 23.5 Å². The zero-order valence-electron chi connectivity index (χ0n) is 15.0. The van der Waals surface area contributed by atoms with Crippen molar-refractivity contribution in [2.45, 2.75) is 46.2 Å². The Morgan fingerprint density at radius 2 is 2.00 bits per heavy atom. The molecule has 4 nitrogen and oxygen atoms in total. The Labute approximate surface area is 152 Å². The fourth-order valence-electron chi connectivity index (χ4n) is 3.11. The summed E-state index contributed by atoms with van der Waals surface area (Å²) in [5.74, 6) is 0.448. The number of nitrogens with one attached hydrogen (secondary N) is 1. The van der Waals surface area contributed by atoms with Crippen molar-refractivity contribution in [3.63, 3.8) is 0 Å². The van der Waals surface area contributed by atoms with Gasteiger partial charge >= 0.3 is 0 Å². The third-order valence-corrected chi connectivity index (χ3v) is 5.16. The minimum Gasteiger partial charge on any atom is -0.304 e. The first kappa shape index (κ1) is 17.8. The Morgan fingerprint density at radius 3 is 2.68 bits per heavy atom. The zero-order valence-corrected chi connectivity index (χ0v) is 15.8. The highest BCUT2D eigenvalue weighted by atomic mass is 32.1. The number of aromatic nitrogens is 2. The SMILES string of the molecule is CCCc1ccc([C@@H](NCc2cc(=O)n3ccsc3n2)C(C)C)cc1. The van der Waals surface area contributed by atoms with E-state index in [4.69, 9.17) is 0 Å². The lowest BCUT2D eigenvalue weighted by molar-refractivity contribution is 0.408. The van der Waals surface area contributed by atoms with Crippen LogP contribution in [0.1, 0.15) is 50.1 Å². The molecule has 3 rings (SSSR count). The van der Waals surface area contributed by atoms with Gasteiger partial charge in [0.05, 0.1) is 5.69 Å². The van der Waals surface area contributed by atoms with E-state index in [1.54, 1.807) is 16.7 Å². The van der Waals surface area contributed by atoms with Gasteiger partial charge in [0.2, 0.25) is 0 Å². The van der Waals surface area contributed by atoms with Crippen molar-refractivity contribution in [1.29, 1.82) is 0 Å². The number of thiazole rings is 1. The normalized spacial score (nSPS) is 12.8. The number of hydrogen-bond acceptors (Lipinski definition) is 4. The van der Waals surface area contributed by atoms with Crippen molar-refractivity contribution in [3.05, 3.63) is 69.1 Å². The van der Waals surface area contributed by atoms with Crippen LogP contribution in [0.15, 0.2) is 46.7 Å². The summed E-state index contributed by atoms with van der Waals surface area (Å²) in [5.41, 5.74) is 3.43. The molecule has 0 aliphatic heterocycles. The number of hydrogen-bond donors (Lipinski definition) is 1. The summed E-state index contributed by atoms with van der Waals surface area (Å²) in [6.45, 7) is 7.21. The second kappa shape index (κ2) is 7.93. The van der Waals surface area contributed by atoms with Crippen LogP contribution in [-0.2, 0) is 13.0 Å². The zero-order chi connectivity index (χ0) is 17.8.